The van der Waals surface area contributed by atoms with Crippen LogP contribution < -0.4 is 15.2 Å². The number of hydrogen-bond donors (Lipinski definition) is 0. The van der Waals surface area contributed by atoms with Crippen LogP contribution in [0.1, 0.15) is 12.1 Å². The molecule has 0 saturated heterocycles. The van der Waals surface area contributed by atoms with E-state index in [2.05, 4.69) is 9.72 Å². The van der Waals surface area contributed by atoms with Gasteiger partial charge in [-0.05, 0) is 13.0 Å². The van der Waals surface area contributed by atoms with Crippen LogP contribution in [-0.2, 0) is 16.1 Å². The van der Waals surface area contributed by atoms with E-state index in [1.807, 2.05) is 0 Å². The molecule has 7 nitrogen and oxygen atoms in total. The second-order valence-corrected chi connectivity index (χ2v) is 4.68. The highest BCUT2D eigenvalue weighted by Gasteiger charge is 2.14. The third kappa shape index (κ3) is 2.88. The predicted octanol–water partition coefficient (Wildman–Crippen LogP) is 1.29. The second-order valence-electron chi connectivity index (χ2n) is 4.68. The summed E-state index contributed by atoms with van der Waals surface area (Å²) in [6, 6.07) is 3.48. The quantitative estimate of drug-likeness (QED) is 0.774. The van der Waals surface area contributed by atoms with Crippen molar-refractivity contribution in [2.45, 2.75) is 19.9 Å². The lowest BCUT2D eigenvalue weighted by Crippen LogP contribution is -2.25. The topological polar surface area (TPSA) is 79.7 Å². The Morgan fingerprint density at radius 3 is 2.41 bits per heavy atom. The lowest BCUT2D eigenvalue weighted by atomic mass is 10.1. The monoisotopic (exact) mass is 306 g/mol. The van der Waals surface area contributed by atoms with E-state index in [0.29, 0.717) is 22.7 Å². The number of ether oxygens (including phenoxy) is 3. The Morgan fingerprint density at radius 2 is 1.82 bits per heavy atom. The van der Waals surface area contributed by atoms with Crippen molar-refractivity contribution in [1.29, 1.82) is 0 Å². The molecule has 0 saturated carbocycles. The van der Waals surface area contributed by atoms with Crippen molar-refractivity contribution in [2.75, 3.05) is 21.3 Å². The van der Waals surface area contributed by atoms with Crippen molar-refractivity contribution in [3.05, 3.63) is 28.3 Å². The number of methoxy groups -OCH3 is 3. The van der Waals surface area contributed by atoms with Crippen molar-refractivity contribution < 1.29 is 19.0 Å². The number of carbonyl (C=O) groups is 1. The number of aromatic nitrogens is 2. The van der Waals surface area contributed by atoms with E-state index >= 15 is 0 Å². The van der Waals surface area contributed by atoms with Gasteiger partial charge < -0.3 is 14.2 Å². The summed E-state index contributed by atoms with van der Waals surface area (Å²) >= 11 is 0. The fourth-order valence-corrected chi connectivity index (χ4v) is 2.27. The zero-order chi connectivity index (χ0) is 16.3. The molecule has 0 fully saturated rings. The van der Waals surface area contributed by atoms with E-state index in [9.17, 15) is 9.59 Å². The minimum Gasteiger partial charge on any atom is -0.493 e. The van der Waals surface area contributed by atoms with Crippen LogP contribution in [0.15, 0.2) is 16.9 Å². The predicted molar refractivity (Wildman–Crippen MR) is 80.5 cm³/mol. The molecule has 2 aromatic rings. The zero-order valence-electron chi connectivity index (χ0n) is 13.0. The summed E-state index contributed by atoms with van der Waals surface area (Å²) in [7, 11) is 4.37. The average Bonchev–Trinajstić information content (AvgIpc) is 2.52. The average molecular weight is 306 g/mol. The summed E-state index contributed by atoms with van der Waals surface area (Å²) in [6.07, 6.45) is 0.0879. The molecular formula is C15H18N2O5. The molecule has 0 aliphatic rings. The lowest BCUT2D eigenvalue weighted by Gasteiger charge is -2.14. The summed E-state index contributed by atoms with van der Waals surface area (Å²) in [5, 5.41) is 0.766. The van der Waals surface area contributed by atoms with Gasteiger partial charge in [0.05, 0.1) is 39.0 Å². The molecule has 1 heterocycles. The number of aryl methyl sites for hydroxylation is 2. The van der Waals surface area contributed by atoms with Crippen LogP contribution in [0, 0.1) is 6.92 Å². The molecule has 0 amide bonds. The lowest BCUT2D eigenvalue weighted by molar-refractivity contribution is -0.140. The molecule has 0 bridgehead atoms. The Hall–Kier alpha value is -2.57. The molecule has 0 spiro atoms. The molecule has 0 aliphatic carbocycles. The minimum atomic E-state index is -0.416. The van der Waals surface area contributed by atoms with Crippen molar-refractivity contribution in [3.63, 3.8) is 0 Å². The third-order valence-electron chi connectivity index (χ3n) is 3.44. The Labute approximate surface area is 127 Å². The van der Waals surface area contributed by atoms with Gasteiger partial charge in [-0.25, -0.2) is 4.79 Å². The zero-order valence-corrected chi connectivity index (χ0v) is 13.0. The van der Waals surface area contributed by atoms with Crippen molar-refractivity contribution in [2.24, 2.45) is 0 Å². The highest BCUT2D eigenvalue weighted by atomic mass is 16.5. The first-order chi connectivity index (χ1) is 10.5. The molecule has 7 heteroatoms. The van der Waals surface area contributed by atoms with Gasteiger partial charge in [0, 0.05) is 18.0 Å². The van der Waals surface area contributed by atoms with Gasteiger partial charge in [0.25, 0.3) is 0 Å². The third-order valence-corrected chi connectivity index (χ3v) is 3.44. The summed E-state index contributed by atoms with van der Waals surface area (Å²) in [5.74, 6) is 0.672. The molecule has 0 N–H and O–H groups in total. The number of rotatable bonds is 5. The van der Waals surface area contributed by atoms with Crippen LogP contribution in [0.5, 0.6) is 11.5 Å². The first kappa shape index (κ1) is 15.8. The fraction of sp³-hybridized carbons (Fsp3) is 0.400. The largest absolute Gasteiger partial charge is 0.493 e. The van der Waals surface area contributed by atoms with E-state index in [1.54, 1.807) is 26.2 Å². The molecule has 0 aliphatic heterocycles. The van der Waals surface area contributed by atoms with Gasteiger partial charge in [-0.3, -0.25) is 9.36 Å². The summed E-state index contributed by atoms with van der Waals surface area (Å²) in [4.78, 5) is 27.5. The number of esters is 1. The molecule has 0 atom stereocenters. The molecule has 118 valence electrons. The molecular weight excluding hydrogens is 288 g/mol. The molecule has 1 aromatic heterocycles. The smallest absolute Gasteiger partial charge is 0.348 e. The highest BCUT2D eigenvalue weighted by Crippen LogP contribution is 2.32. The normalized spacial score (nSPS) is 10.5. The second kappa shape index (κ2) is 6.46. The van der Waals surface area contributed by atoms with Crippen LogP contribution in [-0.4, -0.2) is 36.8 Å². The van der Waals surface area contributed by atoms with Crippen LogP contribution in [0.3, 0.4) is 0 Å². The van der Waals surface area contributed by atoms with E-state index in [0.717, 1.165) is 5.39 Å². The van der Waals surface area contributed by atoms with Gasteiger partial charge in [0.15, 0.2) is 11.5 Å². The molecule has 1 aromatic carbocycles. The maximum absolute atomic E-state index is 12.1. The summed E-state index contributed by atoms with van der Waals surface area (Å²) in [5.41, 5.74) is 0.815. The fourth-order valence-electron chi connectivity index (χ4n) is 2.27. The SMILES string of the molecule is COC(=O)CCn1c(=O)nc(C)c2cc(OC)c(OC)cc21. The standard InChI is InChI=1S/C15H18N2O5/c1-9-10-7-12(20-2)13(21-3)8-11(10)17(15(19)16-9)6-5-14(18)22-4/h7-8H,5-6H2,1-4H3. The maximum Gasteiger partial charge on any atom is 0.348 e. The van der Waals surface area contributed by atoms with Gasteiger partial charge in [-0.1, -0.05) is 0 Å². The maximum atomic E-state index is 12.1. The van der Waals surface area contributed by atoms with Crippen molar-refractivity contribution >= 4 is 16.9 Å². The Kier molecular flexibility index (Phi) is 4.65. The Balaban J connectivity index is 2.64. The van der Waals surface area contributed by atoms with E-state index < -0.39 is 5.69 Å². The van der Waals surface area contributed by atoms with Crippen LogP contribution in [0.2, 0.25) is 0 Å². The number of nitrogens with zero attached hydrogens (tertiary/aromatic N) is 2. The van der Waals surface area contributed by atoms with E-state index in [4.69, 9.17) is 9.47 Å². The first-order valence-electron chi connectivity index (χ1n) is 6.71. The number of hydrogen-bond acceptors (Lipinski definition) is 6. The van der Waals surface area contributed by atoms with Gasteiger partial charge >= 0.3 is 11.7 Å². The van der Waals surface area contributed by atoms with Crippen LogP contribution in [0.25, 0.3) is 10.9 Å². The molecule has 22 heavy (non-hydrogen) atoms. The molecule has 2 rings (SSSR count). The Bertz CT molecular complexity index is 767. The molecule has 0 radical (unpaired) electrons. The van der Waals surface area contributed by atoms with Crippen LogP contribution >= 0.6 is 0 Å². The Morgan fingerprint density at radius 1 is 1.18 bits per heavy atom. The summed E-state index contributed by atoms with van der Waals surface area (Å²) in [6.45, 7) is 1.94. The van der Waals surface area contributed by atoms with Gasteiger partial charge in [-0.15, -0.1) is 0 Å². The highest BCUT2D eigenvalue weighted by molar-refractivity contribution is 5.85. The van der Waals surface area contributed by atoms with E-state index in [-0.39, 0.29) is 18.9 Å². The first-order valence-corrected chi connectivity index (χ1v) is 6.71. The number of carbonyl (C=O) groups excluding carboxylic acids is 1. The van der Waals surface area contributed by atoms with Crippen LogP contribution in [0.4, 0.5) is 0 Å². The van der Waals surface area contributed by atoms with Gasteiger partial charge in [0.2, 0.25) is 0 Å². The van der Waals surface area contributed by atoms with E-state index in [1.165, 1.54) is 18.8 Å². The van der Waals surface area contributed by atoms with Crippen molar-refractivity contribution in [1.82, 2.24) is 9.55 Å². The van der Waals surface area contributed by atoms with Gasteiger partial charge in [0.1, 0.15) is 0 Å². The molecule has 0 unspecified atom stereocenters. The van der Waals surface area contributed by atoms with Gasteiger partial charge in [-0.2, -0.15) is 4.98 Å². The number of fused-ring (bicyclic) bond motifs is 1. The summed E-state index contributed by atoms with van der Waals surface area (Å²) < 4.78 is 16.6. The minimum absolute atomic E-state index is 0.0879. The number of benzene rings is 1. The van der Waals surface area contributed by atoms with Crippen molar-refractivity contribution in [3.8, 4) is 11.5 Å².